The fraction of sp³-hybridized carbons (Fsp3) is 0.600. The summed E-state index contributed by atoms with van der Waals surface area (Å²) in [6, 6.07) is 8.60. The van der Waals surface area contributed by atoms with Crippen molar-refractivity contribution in [2.75, 3.05) is 13.2 Å². The number of likely N-dealkylation sites (tertiary alicyclic amines) is 1. The Balaban J connectivity index is 2.00. The number of rotatable bonds is 5. The molecule has 1 aliphatic heterocycles. The van der Waals surface area contributed by atoms with Gasteiger partial charge in [0, 0.05) is 12.6 Å². The highest BCUT2D eigenvalue weighted by Crippen LogP contribution is 2.22. The zero-order chi connectivity index (χ0) is 13.0. The van der Waals surface area contributed by atoms with Gasteiger partial charge in [-0.1, -0.05) is 12.1 Å². The highest BCUT2D eigenvalue weighted by molar-refractivity contribution is 5.28. The first kappa shape index (κ1) is 13.4. The summed E-state index contributed by atoms with van der Waals surface area (Å²) < 4.78 is 5.70. The number of ether oxygens (including phenoxy) is 1. The third kappa shape index (κ3) is 3.47. The Hall–Kier alpha value is -1.06. The van der Waals surface area contributed by atoms with Gasteiger partial charge in [0.2, 0.25) is 0 Å². The summed E-state index contributed by atoms with van der Waals surface area (Å²) in [6.07, 6.45) is 2.50. The summed E-state index contributed by atoms with van der Waals surface area (Å²) >= 11 is 0. The van der Waals surface area contributed by atoms with Crippen LogP contribution < -0.4 is 4.74 Å². The average molecular weight is 249 g/mol. The van der Waals surface area contributed by atoms with E-state index in [2.05, 4.69) is 17.0 Å². The summed E-state index contributed by atoms with van der Waals surface area (Å²) in [6.45, 7) is 6.33. The molecule has 1 aromatic rings. The third-order valence-electron chi connectivity index (χ3n) is 3.37. The number of aliphatic hydroxyl groups excluding tert-OH is 1. The van der Waals surface area contributed by atoms with Gasteiger partial charge in [0.25, 0.3) is 0 Å². The van der Waals surface area contributed by atoms with Gasteiger partial charge in [-0.15, -0.1) is 0 Å². The standard InChI is InChI=1S/C15H23NO2/c1-12(2)18-15-7-3-5-13(9-15)10-16-8-4-6-14(16)11-17/h3,5,7,9,12,14,17H,4,6,8,10-11H2,1-2H3/t14-/m1/s1. The van der Waals surface area contributed by atoms with Crippen molar-refractivity contribution < 1.29 is 9.84 Å². The molecule has 0 aliphatic carbocycles. The van der Waals surface area contributed by atoms with E-state index in [0.717, 1.165) is 25.3 Å². The van der Waals surface area contributed by atoms with E-state index in [0.29, 0.717) is 6.04 Å². The first-order valence-electron chi connectivity index (χ1n) is 6.79. The van der Waals surface area contributed by atoms with Gasteiger partial charge in [-0.2, -0.15) is 0 Å². The molecule has 0 amide bonds. The maximum atomic E-state index is 9.32. The van der Waals surface area contributed by atoms with Crippen LogP contribution in [-0.2, 0) is 6.54 Å². The summed E-state index contributed by atoms with van der Waals surface area (Å²) in [5.74, 6) is 0.933. The SMILES string of the molecule is CC(C)Oc1cccc(CN2CCC[C@@H]2CO)c1. The number of aliphatic hydroxyl groups is 1. The topological polar surface area (TPSA) is 32.7 Å². The zero-order valence-electron chi connectivity index (χ0n) is 11.3. The van der Waals surface area contributed by atoms with Crippen LogP contribution in [0.3, 0.4) is 0 Å². The van der Waals surface area contributed by atoms with Crippen LogP contribution in [0.5, 0.6) is 5.75 Å². The lowest BCUT2D eigenvalue weighted by molar-refractivity contribution is 0.153. The second-order valence-corrected chi connectivity index (χ2v) is 5.26. The van der Waals surface area contributed by atoms with Crippen molar-refractivity contribution in [2.45, 2.75) is 45.4 Å². The molecule has 1 saturated heterocycles. The highest BCUT2D eigenvalue weighted by Gasteiger charge is 2.23. The van der Waals surface area contributed by atoms with Gasteiger partial charge in [0.15, 0.2) is 0 Å². The molecular weight excluding hydrogens is 226 g/mol. The summed E-state index contributed by atoms with van der Waals surface area (Å²) in [4.78, 5) is 2.36. The minimum Gasteiger partial charge on any atom is -0.491 e. The Morgan fingerprint density at radius 2 is 2.28 bits per heavy atom. The van der Waals surface area contributed by atoms with Gasteiger partial charge < -0.3 is 9.84 Å². The van der Waals surface area contributed by atoms with Crippen LogP contribution >= 0.6 is 0 Å². The Labute approximate surface area is 109 Å². The maximum Gasteiger partial charge on any atom is 0.120 e. The molecule has 0 radical (unpaired) electrons. The van der Waals surface area contributed by atoms with E-state index in [1.165, 1.54) is 12.0 Å². The molecule has 3 heteroatoms. The Bertz CT molecular complexity index is 379. The molecule has 1 heterocycles. The molecule has 0 spiro atoms. The summed E-state index contributed by atoms with van der Waals surface area (Å²) in [7, 11) is 0. The molecule has 0 unspecified atom stereocenters. The molecule has 1 aliphatic rings. The lowest BCUT2D eigenvalue weighted by atomic mass is 10.2. The lowest BCUT2D eigenvalue weighted by Gasteiger charge is -2.23. The summed E-state index contributed by atoms with van der Waals surface area (Å²) in [5, 5.41) is 9.32. The fourth-order valence-corrected chi connectivity index (χ4v) is 2.53. The first-order valence-corrected chi connectivity index (χ1v) is 6.79. The molecule has 1 aromatic carbocycles. The predicted molar refractivity (Wildman–Crippen MR) is 72.7 cm³/mol. The molecule has 0 bridgehead atoms. The van der Waals surface area contributed by atoms with Crippen molar-refractivity contribution in [2.24, 2.45) is 0 Å². The van der Waals surface area contributed by atoms with E-state index in [-0.39, 0.29) is 12.7 Å². The number of hydrogen-bond donors (Lipinski definition) is 1. The largest absolute Gasteiger partial charge is 0.491 e. The molecule has 0 saturated carbocycles. The molecule has 1 fully saturated rings. The van der Waals surface area contributed by atoms with Gasteiger partial charge >= 0.3 is 0 Å². The Morgan fingerprint density at radius 1 is 1.44 bits per heavy atom. The second kappa shape index (κ2) is 6.21. The van der Waals surface area contributed by atoms with Crippen molar-refractivity contribution in [1.29, 1.82) is 0 Å². The van der Waals surface area contributed by atoms with Crippen molar-refractivity contribution in [3.63, 3.8) is 0 Å². The molecule has 1 N–H and O–H groups in total. The fourth-order valence-electron chi connectivity index (χ4n) is 2.53. The number of hydrogen-bond acceptors (Lipinski definition) is 3. The smallest absolute Gasteiger partial charge is 0.120 e. The van der Waals surface area contributed by atoms with E-state index < -0.39 is 0 Å². The summed E-state index contributed by atoms with van der Waals surface area (Å²) in [5.41, 5.74) is 1.26. The van der Waals surface area contributed by atoms with Crippen molar-refractivity contribution >= 4 is 0 Å². The van der Waals surface area contributed by atoms with Gasteiger partial charge in [0.05, 0.1) is 12.7 Å². The van der Waals surface area contributed by atoms with Gasteiger partial charge in [-0.25, -0.2) is 0 Å². The third-order valence-corrected chi connectivity index (χ3v) is 3.37. The van der Waals surface area contributed by atoms with Gasteiger partial charge in [0.1, 0.15) is 5.75 Å². The van der Waals surface area contributed by atoms with Crippen LogP contribution in [0.15, 0.2) is 24.3 Å². The van der Waals surface area contributed by atoms with Gasteiger partial charge in [-0.3, -0.25) is 4.90 Å². The molecular formula is C15H23NO2. The lowest BCUT2D eigenvalue weighted by Crippen LogP contribution is -2.31. The minimum atomic E-state index is 0.206. The second-order valence-electron chi connectivity index (χ2n) is 5.26. The monoisotopic (exact) mass is 249 g/mol. The van der Waals surface area contributed by atoms with E-state index in [1.54, 1.807) is 0 Å². The predicted octanol–water partition coefficient (Wildman–Crippen LogP) is 2.43. The van der Waals surface area contributed by atoms with Crippen molar-refractivity contribution in [3.8, 4) is 5.75 Å². The Kier molecular flexibility index (Phi) is 4.61. The minimum absolute atomic E-state index is 0.206. The van der Waals surface area contributed by atoms with Crippen LogP contribution in [0, 0.1) is 0 Å². The number of nitrogens with zero attached hydrogens (tertiary/aromatic N) is 1. The Morgan fingerprint density at radius 3 is 3.00 bits per heavy atom. The quantitative estimate of drug-likeness (QED) is 0.870. The van der Waals surface area contributed by atoms with Crippen LogP contribution in [0.2, 0.25) is 0 Å². The molecule has 0 aromatic heterocycles. The van der Waals surface area contributed by atoms with E-state index in [1.807, 2.05) is 26.0 Å². The van der Waals surface area contributed by atoms with Crippen LogP contribution in [0.4, 0.5) is 0 Å². The number of benzene rings is 1. The van der Waals surface area contributed by atoms with Crippen molar-refractivity contribution in [3.05, 3.63) is 29.8 Å². The van der Waals surface area contributed by atoms with E-state index >= 15 is 0 Å². The van der Waals surface area contributed by atoms with E-state index in [9.17, 15) is 5.11 Å². The van der Waals surface area contributed by atoms with Gasteiger partial charge in [-0.05, 0) is 50.9 Å². The molecule has 3 nitrogen and oxygen atoms in total. The van der Waals surface area contributed by atoms with Crippen LogP contribution in [0.1, 0.15) is 32.3 Å². The first-order chi connectivity index (χ1) is 8.69. The molecule has 100 valence electrons. The van der Waals surface area contributed by atoms with E-state index in [4.69, 9.17) is 4.74 Å². The molecule has 1 atom stereocenters. The van der Waals surface area contributed by atoms with Crippen LogP contribution in [0.25, 0.3) is 0 Å². The maximum absolute atomic E-state index is 9.32. The normalized spacial score (nSPS) is 20.6. The zero-order valence-corrected chi connectivity index (χ0v) is 11.3. The van der Waals surface area contributed by atoms with Crippen LogP contribution in [-0.4, -0.2) is 35.3 Å². The molecule has 18 heavy (non-hydrogen) atoms. The highest BCUT2D eigenvalue weighted by atomic mass is 16.5. The van der Waals surface area contributed by atoms with Crippen molar-refractivity contribution in [1.82, 2.24) is 4.90 Å². The average Bonchev–Trinajstić information content (AvgIpc) is 2.76. The molecule has 2 rings (SSSR count).